The maximum atomic E-state index is 13.1. The van der Waals surface area contributed by atoms with Crippen molar-refractivity contribution in [3.05, 3.63) is 84.3 Å². The molecule has 9 nitrogen and oxygen atoms in total. The van der Waals surface area contributed by atoms with Crippen LogP contribution in [0.25, 0.3) is 0 Å². The summed E-state index contributed by atoms with van der Waals surface area (Å²) >= 11 is 0. The van der Waals surface area contributed by atoms with Gasteiger partial charge in [-0.3, -0.25) is 4.79 Å². The summed E-state index contributed by atoms with van der Waals surface area (Å²) in [5.41, 5.74) is 0.863. The Morgan fingerprint density at radius 1 is 0.857 bits per heavy atom. The van der Waals surface area contributed by atoms with E-state index < -0.39 is 20.0 Å². The van der Waals surface area contributed by atoms with E-state index >= 15 is 0 Å². The van der Waals surface area contributed by atoms with Gasteiger partial charge in [0.1, 0.15) is 0 Å². The molecule has 4 rings (SSSR count). The number of benzene rings is 2. The number of hydrogen-bond donors (Lipinski definition) is 0. The van der Waals surface area contributed by atoms with Crippen LogP contribution in [0.15, 0.2) is 87.2 Å². The van der Waals surface area contributed by atoms with Crippen molar-refractivity contribution in [2.24, 2.45) is 0 Å². The predicted octanol–water partition coefficient (Wildman–Crippen LogP) is 2.64. The Morgan fingerprint density at radius 2 is 1.49 bits per heavy atom. The number of nitrogens with zero attached hydrogens (tertiary/aromatic N) is 3. The summed E-state index contributed by atoms with van der Waals surface area (Å²) in [6.07, 6.45) is 1.42. The third-order valence-corrected chi connectivity index (χ3v) is 9.76. The van der Waals surface area contributed by atoms with Crippen LogP contribution >= 0.6 is 0 Å². The molecule has 1 saturated heterocycles. The first-order valence-corrected chi connectivity index (χ1v) is 14.1. The van der Waals surface area contributed by atoms with Gasteiger partial charge in [-0.05, 0) is 42.0 Å². The van der Waals surface area contributed by atoms with E-state index in [-0.39, 0.29) is 60.7 Å². The first kappa shape index (κ1) is 25.1. The molecule has 0 spiro atoms. The Morgan fingerprint density at radius 3 is 2.06 bits per heavy atom. The molecule has 35 heavy (non-hydrogen) atoms. The molecule has 1 aliphatic rings. The van der Waals surface area contributed by atoms with Crippen molar-refractivity contribution in [2.75, 3.05) is 32.7 Å². The molecule has 1 aromatic heterocycles. The van der Waals surface area contributed by atoms with Gasteiger partial charge in [0.15, 0.2) is 5.76 Å². The molecule has 2 heterocycles. The van der Waals surface area contributed by atoms with E-state index in [1.807, 2.05) is 30.3 Å². The summed E-state index contributed by atoms with van der Waals surface area (Å²) in [4.78, 5) is 14.0. The summed E-state index contributed by atoms with van der Waals surface area (Å²) in [6.45, 7) is 2.99. The molecule has 0 unspecified atom stereocenters. The predicted molar refractivity (Wildman–Crippen MR) is 130 cm³/mol. The summed E-state index contributed by atoms with van der Waals surface area (Å²) in [7, 11) is -7.64. The molecule has 11 heteroatoms. The summed E-state index contributed by atoms with van der Waals surface area (Å²) in [6, 6.07) is 17.8. The van der Waals surface area contributed by atoms with E-state index in [4.69, 9.17) is 4.42 Å². The van der Waals surface area contributed by atoms with Crippen molar-refractivity contribution >= 4 is 26.0 Å². The van der Waals surface area contributed by atoms with Gasteiger partial charge in [-0.2, -0.15) is 8.61 Å². The van der Waals surface area contributed by atoms with Gasteiger partial charge in [0.2, 0.25) is 20.0 Å². The van der Waals surface area contributed by atoms with Crippen molar-refractivity contribution in [3.63, 3.8) is 0 Å². The topological polar surface area (TPSA) is 108 Å². The molecule has 0 radical (unpaired) electrons. The van der Waals surface area contributed by atoms with Crippen molar-refractivity contribution in [3.8, 4) is 0 Å². The zero-order valence-electron chi connectivity index (χ0n) is 19.3. The lowest BCUT2D eigenvalue weighted by Crippen LogP contribution is -2.50. The van der Waals surface area contributed by atoms with E-state index in [9.17, 15) is 21.6 Å². The molecular formula is C24H27N3O6S2. The van der Waals surface area contributed by atoms with Crippen molar-refractivity contribution in [1.82, 2.24) is 13.5 Å². The minimum atomic E-state index is -3.84. The van der Waals surface area contributed by atoms with Gasteiger partial charge in [-0.1, -0.05) is 37.3 Å². The SMILES string of the molecule is CCN(Cc1ccccc1)S(=O)(=O)c1ccc(S(=O)(=O)N2CCN(C(=O)c3ccco3)CC2)cc1. The maximum Gasteiger partial charge on any atom is 0.289 e. The first-order chi connectivity index (χ1) is 16.7. The molecule has 3 aromatic rings. The van der Waals surface area contributed by atoms with E-state index in [0.29, 0.717) is 0 Å². The van der Waals surface area contributed by atoms with Gasteiger partial charge in [-0.15, -0.1) is 0 Å². The molecule has 2 aromatic carbocycles. The van der Waals surface area contributed by atoms with Crippen LogP contribution in [-0.4, -0.2) is 69.0 Å². The molecule has 0 atom stereocenters. The Bertz CT molecular complexity index is 1350. The van der Waals surface area contributed by atoms with Crippen LogP contribution in [-0.2, 0) is 26.6 Å². The number of carbonyl (C=O) groups is 1. The maximum absolute atomic E-state index is 13.1. The third kappa shape index (κ3) is 5.32. The monoisotopic (exact) mass is 517 g/mol. The van der Waals surface area contributed by atoms with Crippen molar-refractivity contribution in [1.29, 1.82) is 0 Å². The smallest absolute Gasteiger partial charge is 0.289 e. The van der Waals surface area contributed by atoms with Crippen LogP contribution in [0.3, 0.4) is 0 Å². The molecular weight excluding hydrogens is 490 g/mol. The summed E-state index contributed by atoms with van der Waals surface area (Å²) in [5, 5.41) is 0. The van der Waals surface area contributed by atoms with Crippen LogP contribution in [0.5, 0.6) is 0 Å². The summed E-state index contributed by atoms with van der Waals surface area (Å²) in [5.74, 6) is -0.0657. The number of rotatable bonds is 8. The molecule has 1 amide bonds. The fraction of sp³-hybridized carbons (Fsp3) is 0.292. The molecule has 0 saturated carbocycles. The zero-order chi connectivity index (χ0) is 25.1. The lowest BCUT2D eigenvalue weighted by Gasteiger charge is -2.33. The quantitative estimate of drug-likeness (QED) is 0.455. The highest BCUT2D eigenvalue weighted by Crippen LogP contribution is 2.23. The van der Waals surface area contributed by atoms with Crippen molar-refractivity contribution in [2.45, 2.75) is 23.3 Å². The van der Waals surface area contributed by atoms with Gasteiger partial charge in [0, 0.05) is 39.3 Å². The molecule has 186 valence electrons. The molecule has 0 bridgehead atoms. The molecule has 0 N–H and O–H groups in total. The van der Waals surface area contributed by atoms with Crippen LogP contribution < -0.4 is 0 Å². The average Bonchev–Trinajstić information content (AvgIpc) is 3.42. The number of carbonyl (C=O) groups excluding carboxylic acids is 1. The minimum Gasteiger partial charge on any atom is -0.459 e. The van der Waals surface area contributed by atoms with E-state index in [1.165, 1.54) is 39.1 Å². The van der Waals surface area contributed by atoms with Gasteiger partial charge >= 0.3 is 0 Å². The normalized spacial score (nSPS) is 15.4. The first-order valence-electron chi connectivity index (χ1n) is 11.2. The van der Waals surface area contributed by atoms with Gasteiger partial charge in [-0.25, -0.2) is 16.8 Å². The lowest BCUT2D eigenvalue weighted by atomic mass is 10.2. The van der Waals surface area contributed by atoms with Crippen LogP contribution in [0.2, 0.25) is 0 Å². The Labute approximate surface area is 205 Å². The molecule has 1 fully saturated rings. The Hall–Kier alpha value is -2.99. The van der Waals surface area contributed by atoms with Crippen molar-refractivity contribution < 1.29 is 26.0 Å². The fourth-order valence-electron chi connectivity index (χ4n) is 3.92. The largest absolute Gasteiger partial charge is 0.459 e. The van der Waals surface area contributed by atoms with Crippen LogP contribution in [0.4, 0.5) is 0 Å². The number of hydrogen-bond acceptors (Lipinski definition) is 6. The Balaban J connectivity index is 1.45. The highest BCUT2D eigenvalue weighted by molar-refractivity contribution is 7.89. The van der Waals surface area contributed by atoms with Crippen LogP contribution in [0, 0.1) is 0 Å². The highest BCUT2D eigenvalue weighted by atomic mass is 32.2. The number of piperazine rings is 1. The molecule has 0 aliphatic carbocycles. The standard InChI is InChI=1S/C24H27N3O6S2/c1-2-26(19-20-7-4-3-5-8-20)34(29,30)21-10-12-22(13-11-21)35(31,32)27-16-14-25(15-17-27)24(28)23-9-6-18-33-23/h3-13,18H,2,14-17,19H2,1H3. The minimum absolute atomic E-state index is 0.00775. The summed E-state index contributed by atoms with van der Waals surface area (Å²) < 4.78 is 60.3. The fourth-order valence-corrected chi connectivity index (χ4v) is 6.78. The second-order valence-corrected chi connectivity index (χ2v) is 11.9. The van der Waals surface area contributed by atoms with E-state index in [0.717, 1.165) is 5.56 Å². The number of furan rings is 1. The third-order valence-electron chi connectivity index (χ3n) is 5.91. The second kappa shape index (κ2) is 10.3. The Kier molecular flexibility index (Phi) is 7.41. The zero-order valence-corrected chi connectivity index (χ0v) is 20.9. The average molecular weight is 518 g/mol. The van der Waals surface area contributed by atoms with E-state index in [1.54, 1.807) is 24.0 Å². The van der Waals surface area contributed by atoms with Gasteiger partial charge < -0.3 is 9.32 Å². The van der Waals surface area contributed by atoms with Crippen LogP contribution in [0.1, 0.15) is 23.0 Å². The number of amides is 1. The second-order valence-electron chi connectivity index (χ2n) is 8.06. The highest BCUT2D eigenvalue weighted by Gasteiger charge is 2.32. The van der Waals surface area contributed by atoms with Gasteiger partial charge in [0.25, 0.3) is 5.91 Å². The van der Waals surface area contributed by atoms with Gasteiger partial charge in [0.05, 0.1) is 16.1 Å². The lowest BCUT2D eigenvalue weighted by molar-refractivity contribution is 0.0666. The van der Waals surface area contributed by atoms with E-state index in [2.05, 4.69) is 0 Å². The molecule has 1 aliphatic heterocycles. The number of sulfonamides is 2.